The summed E-state index contributed by atoms with van der Waals surface area (Å²) >= 11 is 15.1. The summed E-state index contributed by atoms with van der Waals surface area (Å²) in [7, 11) is 0. The minimum absolute atomic E-state index is 0.399. The Balaban J connectivity index is 3.11. The van der Waals surface area contributed by atoms with Crippen LogP contribution in [0.4, 0.5) is 0 Å². The maximum Gasteiger partial charge on any atom is 0.128 e. The first-order valence-electron chi connectivity index (χ1n) is 4.39. The van der Waals surface area contributed by atoms with Gasteiger partial charge in [0.15, 0.2) is 0 Å². The maximum absolute atomic E-state index is 5.84. The Morgan fingerprint density at radius 3 is 2.20 bits per heavy atom. The van der Waals surface area contributed by atoms with Crippen LogP contribution >= 0.6 is 39.1 Å². The molecule has 0 amide bonds. The highest BCUT2D eigenvalue weighted by molar-refractivity contribution is 9.10. The lowest BCUT2D eigenvalue weighted by Gasteiger charge is -2.13. The molecule has 0 saturated carbocycles. The summed E-state index contributed by atoms with van der Waals surface area (Å²) in [6.07, 6.45) is 1.69. The summed E-state index contributed by atoms with van der Waals surface area (Å²) in [6, 6.07) is 3.86. The van der Waals surface area contributed by atoms with Gasteiger partial charge in [0.25, 0.3) is 0 Å². The third-order valence-corrected chi connectivity index (χ3v) is 2.87. The minimum Gasteiger partial charge on any atom is -0.489 e. The second-order valence-electron chi connectivity index (χ2n) is 2.92. The Bertz CT molecular complexity index is 327. The van der Waals surface area contributed by atoms with Crippen molar-refractivity contribution >= 4 is 39.1 Å². The van der Waals surface area contributed by atoms with Crippen LogP contribution < -0.4 is 4.74 Å². The summed E-state index contributed by atoms with van der Waals surface area (Å²) in [4.78, 5) is 0. The van der Waals surface area contributed by atoms with E-state index in [4.69, 9.17) is 27.9 Å². The number of ether oxygens (including phenoxy) is 1. The molecule has 0 aliphatic carbocycles. The summed E-state index contributed by atoms with van der Waals surface area (Å²) in [5, 5.41) is 0. The average molecular weight is 310 g/mol. The first-order chi connectivity index (χ1) is 7.22. The predicted molar refractivity (Wildman–Crippen MR) is 68.9 cm³/mol. The zero-order valence-corrected chi connectivity index (χ0v) is 11.2. The Morgan fingerprint density at radius 1 is 1.27 bits per heavy atom. The fraction of sp³-hybridized carbons (Fsp3) is 0.273. The van der Waals surface area contributed by atoms with E-state index in [1.54, 1.807) is 6.08 Å². The number of hydrogen-bond acceptors (Lipinski definition) is 1. The lowest BCUT2D eigenvalue weighted by Crippen LogP contribution is -2.00. The molecule has 4 heteroatoms. The third kappa shape index (κ3) is 3.40. The molecule has 1 nitrogen and oxygen atoms in total. The molecule has 82 valence electrons. The van der Waals surface area contributed by atoms with Crippen molar-refractivity contribution in [3.05, 3.63) is 40.4 Å². The van der Waals surface area contributed by atoms with E-state index < -0.39 is 0 Å². The van der Waals surface area contributed by atoms with Crippen molar-refractivity contribution in [2.75, 3.05) is 6.61 Å². The van der Waals surface area contributed by atoms with Crippen LogP contribution in [0.3, 0.4) is 0 Å². The van der Waals surface area contributed by atoms with Gasteiger partial charge in [0, 0.05) is 15.6 Å². The highest BCUT2D eigenvalue weighted by Gasteiger charge is 2.10. The first kappa shape index (κ1) is 12.9. The van der Waals surface area contributed by atoms with Gasteiger partial charge in [-0.3, -0.25) is 0 Å². The van der Waals surface area contributed by atoms with E-state index in [1.807, 2.05) is 12.1 Å². The van der Waals surface area contributed by atoms with Crippen LogP contribution in [0.25, 0.3) is 0 Å². The molecule has 0 spiro atoms. The Hall–Kier alpha value is -0.180. The highest BCUT2D eigenvalue weighted by atomic mass is 79.9. The molecule has 0 N–H and O–H groups in total. The van der Waals surface area contributed by atoms with E-state index in [2.05, 4.69) is 22.5 Å². The number of alkyl halides is 2. The van der Waals surface area contributed by atoms with Crippen LogP contribution in [0.2, 0.25) is 0 Å². The molecule has 0 aliphatic heterocycles. The highest BCUT2D eigenvalue weighted by Crippen LogP contribution is 2.31. The number of hydrogen-bond donors (Lipinski definition) is 0. The van der Waals surface area contributed by atoms with Crippen LogP contribution in [-0.2, 0) is 11.8 Å². The predicted octanol–water partition coefficient (Wildman–Crippen LogP) is 4.49. The number of benzene rings is 1. The molecule has 0 saturated heterocycles. The van der Waals surface area contributed by atoms with E-state index in [-0.39, 0.29) is 0 Å². The van der Waals surface area contributed by atoms with E-state index in [0.717, 1.165) is 21.3 Å². The minimum atomic E-state index is 0.399. The first-order valence-corrected chi connectivity index (χ1v) is 6.26. The Labute approximate surface area is 108 Å². The standard InChI is InChI=1S/C11H11BrCl2O/c1-2-3-15-11-8(6-13)4-10(12)5-9(11)7-14/h2,4-5H,1,3,6-7H2. The van der Waals surface area contributed by atoms with Crippen molar-refractivity contribution in [3.8, 4) is 5.75 Å². The molecule has 0 aliphatic rings. The molecule has 0 atom stereocenters. The van der Waals surface area contributed by atoms with Gasteiger partial charge in [-0.2, -0.15) is 0 Å². The summed E-state index contributed by atoms with van der Waals surface area (Å²) < 4.78 is 6.50. The average Bonchev–Trinajstić information content (AvgIpc) is 2.26. The molecule has 15 heavy (non-hydrogen) atoms. The Kier molecular flexibility index (Phi) is 5.51. The van der Waals surface area contributed by atoms with Crippen LogP contribution in [0.15, 0.2) is 29.3 Å². The van der Waals surface area contributed by atoms with Gasteiger partial charge in [-0.1, -0.05) is 28.6 Å². The third-order valence-electron chi connectivity index (χ3n) is 1.84. The van der Waals surface area contributed by atoms with Gasteiger partial charge in [0.1, 0.15) is 12.4 Å². The molecule has 1 rings (SSSR count). The fourth-order valence-electron chi connectivity index (χ4n) is 1.24. The topological polar surface area (TPSA) is 9.23 Å². The molecule has 1 aromatic carbocycles. The van der Waals surface area contributed by atoms with Gasteiger partial charge in [-0.15, -0.1) is 23.2 Å². The molecule has 0 bridgehead atoms. The van der Waals surface area contributed by atoms with E-state index >= 15 is 0 Å². The van der Waals surface area contributed by atoms with Crippen molar-refractivity contribution in [2.45, 2.75) is 11.8 Å². The van der Waals surface area contributed by atoms with Gasteiger partial charge in [-0.05, 0) is 12.1 Å². The van der Waals surface area contributed by atoms with Crippen molar-refractivity contribution in [1.82, 2.24) is 0 Å². The monoisotopic (exact) mass is 308 g/mol. The van der Waals surface area contributed by atoms with Crippen LogP contribution in [0, 0.1) is 0 Å². The lowest BCUT2D eigenvalue weighted by atomic mass is 10.1. The summed E-state index contributed by atoms with van der Waals surface area (Å²) in [5.41, 5.74) is 1.87. The zero-order valence-electron chi connectivity index (χ0n) is 8.10. The van der Waals surface area contributed by atoms with Gasteiger partial charge < -0.3 is 4.74 Å². The van der Waals surface area contributed by atoms with Crippen molar-refractivity contribution in [1.29, 1.82) is 0 Å². The molecule has 0 aromatic heterocycles. The molecule has 0 fully saturated rings. The molecule has 0 heterocycles. The largest absolute Gasteiger partial charge is 0.489 e. The second kappa shape index (κ2) is 6.41. The van der Waals surface area contributed by atoms with Gasteiger partial charge in [0.05, 0.1) is 11.8 Å². The lowest BCUT2D eigenvalue weighted by molar-refractivity contribution is 0.357. The van der Waals surface area contributed by atoms with E-state index in [9.17, 15) is 0 Å². The smallest absolute Gasteiger partial charge is 0.128 e. The number of halogens is 3. The molecular formula is C11H11BrCl2O. The molecule has 0 unspecified atom stereocenters. The molecular weight excluding hydrogens is 299 g/mol. The van der Waals surface area contributed by atoms with E-state index in [1.165, 1.54) is 0 Å². The van der Waals surface area contributed by atoms with Crippen LogP contribution in [-0.4, -0.2) is 6.61 Å². The van der Waals surface area contributed by atoms with Gasteiger partial charge in [-0.25, -0.2) is 0 Å². The number of rotatable bonds is 5. The van der Waals surface area contributed by atoms with Crippen molar-refractivity contribution in [2.24, 2.45) is 0 Å². The zero-order chi connectivity index (χ0) is 11.3. The summed E-state index contributed by atoms with van der Waals surface area (Å²) in [5.74, 6) is 1.56. The van der Waals surface area contributed by atoms with Gasteiger partial charge >= 0.3 is 0 Å². The molecule has 1 aromatic rings. The fourth-order valence-corrected chi connectivity index (χ4v) is 2.19. The normalized spacial score (nSPS) is 10.1. The molecule has 0 radical (unpaired) electrons. The quantitative estimate of drug-likeness (QED) is 0.575. The van der Waals surface area contributed by atoms with Crippen LogP contribution in [0.1, 0.15) is 11.1 Å². The Morgan fingerprint density at radius 2 is 1.80 bits per heavy atom. The van der Waals surface area contributed by atoms with Crippen LogP contribution in [0.5, 0.6) is 5.75 Å². The van der Waals surface area contributed by atoms with Crippen molar-refractivity contribution in [3.63, 3.8) is 0 Å². The maximum atomic E-state index is 5.84. The SMILES string of the molecule is C=CCOc1c(CCl)cc(Br)cc1CCl. The second-order valence-corrected chi connectivity index (χ2v) is 4.37. The van der Waals surface area contributed by atoms with Crippen molar-refractivity contribution < 1.29 is 4.74 Å². The van der Waals surface area contributed by atoms with E-state index in [0.29, 0.717) is 18.4 Å². The van der Waals surface area contributed by atoms with Gasteiger partial charge in [0.2, 0.25) is 0 Å². The summed E-state index contributed by atoms with van der Waals surface area (Å²) in [6.45, 7) is 4.06.